The normalized spacial score (nSPS) is 11.5. The van der Waals surface area contributed by atoms with Crippen LogP contribution in [0, 0.1) is 0 Å². The monoisotopic (exact) mass is 222 g/mol. The standard InChI is InChI=1S/C11H10O3S/c1-15(12,13)11-8-7-10(14-11)9-5-3-2-4-6-9/h2-8H,1H3. The summed E-state index contributed by atoms with van der Waals surface area (Å²) in [5, 5.41) is 0.00125. The fourth-order valence-corrected chi connectivity index (χ4v) is 1.83. The second kappa shape index (κ2) is 3.55. The van der Waals surface area contributed by atoms with E-state index in [0.717, 1.165) is 11.8 Å². The maximum atomic E-state index is 11.2. The number of sulfone groups is 1. The van der Waals surface area contributed by atoms with E-state index in [9.17, 15) is 8.42 Å². The maximum Gasteiger partial charge on any atom is 0.218 e. The van der Waals surface area contributed by atoms with Crippen molar-refractivity contribution in [3.63, 3.8) is 0 Å². The van der Waals surface area contributed by atoms with Crippen LogP contribution < -0.4 is 0 Å². The van der Waals surface area contributed by atoms with E-state index >= 15 is 0 Å². The molecule has 0 unspecified atom stereocenters. The van der Waals surface area contributed by atoms with E-state index in [2.05, 4.69) is 0 Å². The van der Waals surface area contributed by atoms with Gasteiger partial charge in [-0.3, -0.25) is 0 Å². The Bertz CT molecular complexity index is 553. The predicted octanol–water partition coefficient (Wildman–Crippen LogP) is 2.35. The Balaban J connectivity index is 2.46. The highest BCUT2D eigenvalue weighted by molar-refractivity contribution is 7.90. The summed E-state index contributed by atoms with van der Waals surface area (Å²) < 4.78 is 27.6. The molecule has 0 aliphatic rings. The molecule has 0 radical (unpaired) electrons. The van der Waals surface area contributed by atoms with Crippen LogP contribution in [0.4, 0.5) is 0 Å². The van der Waals surface area contributed by atoms with Crippen LogP contribution >= 0.6 is 0 Å². The number of hydrogen-bond donors (Lipinski definition) is 0. The van der Waals surface area contributed by atoms with Crippen LogP contribution in [0.2, 0.25) is 0 Å². The van der Waals surface area contributed by atoms with E-state index < -0.39 is 9.84 Å². The SMILES string of the molecule is CS(=O)(=O)c1ccc(-c2ccccc2)o1. The van der Waals surface area contributed by atoms with Crippen LogP contribution in [0.3, 0.4) is 0 Å². The average Bonchev–Trinajstić information content (AvgIpc) is 2.67. The Hall–Kier alpha value is -1.55. The molecule has 3 nitrogen and oxygen atoms in total. The van der Waals surface area contributed by atoms with E-state index in [-0.39, 0.29) is 5.09 Å². The maximum absolute atomic E-state index is 11.2. The second-order valence-electron chi connectivity index (χ2n) is 3.26. The lowest BCUT2D eigenvalue weighted by Gasteiger charge is -1.95. The highest BCUT2D eigenvalue weighted by Gasteiger charge is 2.12. The van der Waals surface area contributed by atoms with Gasteiger partial charge in [-0.2, -0.15) is 0 Å². The number of benzene rings is 1. The molecule has 15 heavy (non-hydrogen) atoms. The first kappa shape index (κ1) is 9.98. The molecule has 0 N–H and O–H groups in total. The summed E-state index contributed by atoms with van der Waals surface area (Å²) in [5.74, 6) is 0.566. The van der Waals surface area contributed by atoms with Crippen LogP contribution in [0.15, 0.2) is 52.0 Å². The molecule has 78 valence electrons. The van der Waals surface area contributed by atoms with Crippen molar-refractivity contribution in [1.82, 2.24) is 0 Å². The topological polar surface area (TPSA) is 47.3 Å². The van der Waals surface area contributed by atoms with E-state index in [0.29, 0.717) is 5.76 Å². The van der Waals surface area contributed by atoms with Gasteiger partial charge in [0.05, 0.1) is 0 Å². The van der Waals surface area contributed by atoms with Gasteiger partial charge in [0.25, 0.3) is 0 Å². The van der Waals surface area contributed by atoms with Gasteiger partial charge in [-0.1, -0.05) is 30.3 Å². The molecule has 0 aliphatic carbocycles. The first-order valence-electron chi connectivity index (χ1n) is 4.43. The molecule has 1 heterocycles. The summed E-state index contributed by atoms with van der Waals surface area (Å²) in [7, 11) is -3.26. The highest BCUT2D eigenvalue weighted by atomic mass is 32.2. The quantitative estimate of drug-likeness (QED) is 0.783. The third-order valence-electron chi connectivity index (χ3n) is 2.01. The largest absolute Gasteiger partial charge is 0.445 e. The smallest absolute Gasteiger partial charge is 0.218 e. The lowest BCUT2D eigenvalue weighted by atomic mass is 10.2. The predicted molar refractivity (Wildman–Crippen MR) is 57.3 cm³/mol. The molecule has 0 amide bonds. The Kier molecular flexibility index (Phi) is 2.36. The number of hydrogen-bond acceptors (Lipinski definition) is 3. The van der Waals surface area contributed by atoms with E-state index in [1.54, 1.807) is 6.07 Å². The molecule has 0 atom stereocenters. The molecule has 2 aromatic rings. The van der Waals surface area contributed by atoms with Crippen LogP contribution in [-0.2, 0) is 9.84 Å². The van der Waals surface area contributed by atoms with Gasteiger partial charge in [0.15, 0.2) is 0 Å². The van der Waals surface area contributed by atoms with Gasteiger partial charge in [0, 0.05) is 11.8 Å². The molecule has 0 spiro atoms. The van der Waals surface area contributed by atoms with Gasteiger partial charge < -0.3 is 4.42 Å². The molecule has 1 aromatic heterocycles. The Morgan fingerprint density at radius 3 is 2.20 bits per heavy atom. The molecular formula is C11H10O3S. The minimum Gasteiger partial charge on any atom is -0.445 e. The summed E-state index contributed by atoms with van der Waals surface area (Å²) >= 11 is 0. The molecule has 0 saturated carbocycles. The van der Waals surface area contributed by atoms with Gasteiger partial charge >= 0.3 is 0 Å². The number of rotatable bonds is 2. The van der Waals surface area contributed by atoms with Gasteiger partial charge in [-0.05, 0) is 12.1 Å². The van der Waals surface area contributed by atoms with Gasteiger partial charge in [0.2, 0.25) is 14.9 Å². The van der Waals surface area contributed by atoms with Crippen LogP contribution in [0.5, 0.6) is 0 Å². The van der Waals surface area contributed by atoms with Crippen molar-refractivity contribution < 1.29 is 12.8 Å². The number of furan rings is 1. The fourth-order valence-electron chi connectivity index (χ4n) is 1.28. The molecule has 0 saturated heterocycles. The van der Waals surface area contributed by atoms with Gasteiger partial charge in [0.1, 0.15) is 5.76 Å². The van der Waals surface area contributed by atoms with E-state index in [1.807, 2.05) is 30.3 Å². The Morgan fingerprint density at radius 2 is 1.67 bits per heavy atom. The lowest BCUT2D eigenvalue weighted by molar-refractivity contribution is 0.463. The zero-order valence-electron chi connectivity index (χ0n) is 8.17. The summed E-state index contributed by atoms with van der Waals surface area (Å²) in [6.45, 7) is 0. The average molecular weight is 222 g/mol. The van der Waals surface area contributed by atoms with Gasteiger partial charge in [-0.15, -0.1) is 0 Å². The molecule has 0 aliphatic heterocycles. The van der Waals surface area contributed by atoms with Crippen molar-refractivity contribution in [2.45, 2.75) is 5.09 Å². The Labute approximate surface area is 88.3 Å². The van der Waals surface area contributed by atoms with Crippen LogP contribution in [-0.4, -0.2) is 14.7 Å². The van der Waals surface area contributed by atoms with E-state index in [1.165, 1.54) is 6.07 Å². The molecule has 0 fully saturated rings. The van der Waals surface area contributed by atoms with Crippen molar-refractivity contribution in [3.05, 3.63) is 42.5 Å². The zero-order valence-corrected chi connectivity index (χ0v) is 8.99. The summed E-state index contributed by atoms with van der Waals surface area (Å²) in [6.07, 6.45) is 1.13. The van der Waals surface area contributed by atoms with Crippen molar-refractivity contribution in [2.24, 2.45) is 0 Å². The molecular weight excluding hydrogens is 212 g/mol. The summed E-state index contributed by atoms with van der Waals surface area (Å²) in [4.78, 5) is 0. The fraction of sp³-hybridized carbons (Fsp3) is 0.0909. The highest BCUT2D eigenvalue weighted by Crippen LogP contribution is 2.23. The minimum absolute atomic E-state index is 0.00125. The Morgan fingerprint density at radius 1 is 1.00 bits per heavy atom. The van der Waals surface area contributed by atoms with Crippen molar-refractivity contribution in [3.8, 4) is 11.3 Å². The van der Waals surface area contributed by atoms with Crippen molar-refractivity contribution in [2.75, 3.05) is 6.26 Å². The van der Waals surface area contributed by atoms with Crippen LogP contribution in [0.1, 0.15) is 0 Å². The van der Waals surface area contributed by atoms with Crippen LogP contribution in [0.25, 0.3) is 11.3 Å². The third-order valence-corrected chi connectivity index (χ3v) is 2.96. The second-order valence-corrected chi connectivity index (χ2v) is 5.20. The zero-order chi connectivity index (χ0) is 10.9. The van der Waals surface area contributed by atoms with Crippen molar-refractivity contribution >= 4 is 9.84 Å². The first-order valence-corrected chi connectivity index (χ1v) is 6.32. The molecule has 4 heteroatoms. The van der Waals surface area contributed by atoms with Gasteiger partial charge in [-0.25, -0.2) is 8.42 Å². The minimum atomic E-state index is -3.26. The third kappa shape index (κ3) is 2.10. The summed E-state index contributed by atoms with van der Waals surface area (Å²) in [5.41, 5.74) is 0.868. The van der Waals surface area contributed by atoms with E-state index in [4.69, 9.17) is 4.42 Å². The van der Waals surface area contributed by atoms with Crippen molar-refractivity contribution in [1.29, 1.82) is 0 Å². The molecule has 0 bridgehead atoms. The molecule has 2 rings (SSSR count). The molecule has 1 aromatic carbocycles. The summed E-state index contributed by atoms with van der Waals surface area (Å²) in [6, 6.07) is 12.5. The first-order chi connectivity index (χ1) is 7.07. The lowest BCUT2D eigenvalue weighted by Crippen LogP contribution is -1.93.